The van der Waals surface area contributed by atoms with Crippen molar-refractivity contribution in [3.63, 3.8) is 0 Å². The van der Waals surface area contributed by atoms with Gasteiger partial charge in [0.2, 0.25) is 15.9 Å². The van der Waals surface area contributed by atoms with Crippen LogP contribution in [0.2, 0.25) is 0 Å². The van der Waals surface area contributed by atoms with E-state index in [1.807, 2.05) is 44.2 Å². The lowest BCUT2D eigenvalue weighted by Gasteiger charge is -2.34. The summed E-state index contributed by atoms with van der Waals surface area (Å²) in [4.78, 5) is 15.6. The molecule has 6 N–H and O–H groups in total. The number of likely N-dealkylation sites (tertiary alicyclic amines) is 1. The van der Waals surface area contributed by atoms with Gasteiger partial charge in [-0.15, -0.1) is 0 Å². The maximum absolute atomic E-state index is 13.8. The predicted octanol–water partition coefficient (Wildman–Crippen LogP) is 4.03. The number of nitrogens with one attached hydrogen (secondary N) is 2. The van der Waals surface area contributed by atoms with Crippen LogP contribution in [0.3, 0.4) is 0 Å². The highest BCUT2D eigenvalue weighted by Gasteiger charge is 2.33. The molecule has 0 aliphatic carbocycles. The Kier molecular flexibility index (Phi) is 9.80. The molecule has 9 nitrogen and oxygen atoms in total. The van der Waals surface area contributed by atoms with Crippen LogP contribution in [0.5, 0.6) is 5.75 Å². The van der Waals surface area contributed by atoms with Crippen LogP contribution in [0.4, 0.5) is 0 Å². The largest absolute Gasteiger partial charge is 0.491 e. The van der Waals surface area contributed by atoms with E-state index >= 15 is 0 Å². The van der Waals surface area contributed by atoms with Gasteiger partial charge in [0.25, 0.3) is 0 Å². The van der Waals surface area contributed by atoms with Gasteiger partial charge in [0.05, 0.1) is 11.0 Å². The molecule has 1 saturated heterocycles. The Labute approximate surface area is 242 Å². The molecule has 0 spiro atoms. The summed E-state index contributed by atoms with van der Waals surface area (Å²) in [5.74, 6) is 0.683. The molecule has 3 aromatic rings. The van der Waals surface area contributed by atoms with Gasteiger partial charge >= 0.3 is 0 Å². The molecule has 0 saturated carbocycles. The average Bonchev–Trinajstić information content (AvgIpc) is 2.96. The van der Waals surface area contributed by atoms with E-state index < -0.39 is 16.1 Å². The molecule has 4 rings (SSSR count). The minimum atomic E-state index is -4.12. The van der Waals surface area contributed by atoms with E-state index in [1.165, 1.54) is 6.07 Å². The van der Waals surface area contributed by atoms with Gasteiger partial charge in [-0.05, 0) is 92.6 Å². The number of nitrogens with two attached hydrogens (primary N) is 2. The highest BCUT2D eigenvalue weighted by molar-refractivity contribution is 7.89. The zero-order chi connectivity index (χ0) is 29.6. The topological polar surface area (TPSA) is 152 Å². The number of nitrogens with zero attached hydrogens (tertiary/aromatic N) is 1. The fourth-order valence-corrected chi connectivity index (χ4v) is 6.29. The zero-order valence-electron chi connectivity index (χ0n) is 23.5. The number of piperidine rings is 1. The number of carbonyl (C=O) groups is 1. The first kappa shape index (κ1) is 30.2. The first-order valence-electron chi connectivity index (χ1n) is 13.9. The first-order valence-corrected chi connectivity index (χ1v) is 15.4. The SMILES string of the molecule is CC(C)Oc1ccc(-c2cccc(S(=O)(=O)NC(C(=O)N3CCC(CCN)CC3)c3cccc(C(=N)N)c3)c2)cc1. The van der Waals surface area contributed by atoms with Crippen molar-refractivity contribution in [2.24, 2.45) is 17.4 Å². The van der Waals surface area contributed by atoms with Crippen LogP contribution in [0.25, 0.3) is 11.1 Å². The maximum atomic E-state index is 13.8. The standard InChI is InChI=1S/C31H39N5O4S/c1-21(2)40-27-11-9-23(10-12-27)24-5-4-8-28(20-24)41(38,39)35-29(25-6-3-7-26(19-25)30(33)34)31(37)36-17-14-22(13-16-32)15-18-36/h3-12,19-22,29,35H,13-18,32H2,1-2H3,(H3,33,34). The highest BCUT2D eigenvalue weighted by Crippen LogP contribution is 2.28. The fraction of sp³-hybridized carbons (Fsp3) is 0.355. The molecule has 1 aliphatic rings. The normalized spacial score (nSPS) is 15.1. The van der Waals surface area contributed by atoms with Crippen LogP contribution < -0.4 is 20.9 Å². The van der Waals surface area contributed by atoms with E-state index in [-0.39, 0.29) is 22.7 Å². The van der Waals surface area contributed by atoms with Gasteiger partial charge in [-0.1, -0.05) is 42.5 Å². The van der Waals surface area contributed by atoms with E-state index in [1.54, 1.807) is 41.3 Å². The smallest absolute Gasteiger partial charge is 0.245 e. The summed E-state index contributed by atoms with van der Waals surface area (Å²) < 4.78 is 35.8. The Balaban J connectivity index is 1.62. The van der Waals surface area contributed by atoms with E-state index in [4.69, 9.17) is 21.6 Å². The second-order valence-electron chi connectivity index (χ2n) is 10.7. The number of rotatable bonds is 11. The summed E-state index contributed by atoms with van der Waals surface area (Å²) in [5, 5.41) is 7.83. The third-order valence-corrected chi connectivity index (χ3v) is 8.68. The van der Waals surface area contributed by atoms with Crippen molar-refractivity contribution in [3.05, 3.63) is 83.9 Å². The minimum absolute atomic E-state index is 0.0414. The molecule has 0 bridgehead atoms. The van der Waals surface area contributed by atoms with Gasteiger partial charge in [0, 0.05) is 18.7 Å². The van der Waals surface area contributed by atoms with Crippen molar-refractivity contribution < 1.29 is 17.9 Å². The summed E-state index contributed by atoms with van der Waals surface area (Å²) in [6, 6.07) is 19.5. The number of amidine groups is 1. The minimum Gasteiger partial charge on any atom is -0.491 e. The third kappa shape index (κ3) is 7.72. The number of amides is 1. The monoisotopic (exact) mass is 577 g/mol. The quantitative estimate of drug-likeness (QED) is 0.199. The van der Waals surface area contributed by atoms with Gasteiger partial charge in [-0.3, -0.25) is 10.2 Å². The van der Waals surface area contributed by atoms with Crippen LogP contribution in [0, 0.1) is 11.3 Å². The number of ether oxygens (including phenoxy) is 1. The average molecular weight is 578 g/mol. The molecule has 3 aromatic carbocycles. The van der Waals surface area contributed by atoms with E-state index in [2.05, 4.69) is 4.72 Å². The third-order valence-electron chi connectivity index (χ3n) is 7.26. The van der Waals surface area contributed by atoms with E-state index in [0.717, 1.165) is 30.6 Å². The molecule has 41 heavy (non-hydrogen) atoms. The van der Waals surface area contributed by atoms with Crippen LogP contribution >= 0.6 is 0 Å². The molecule has 1 fully saturated rings. The van der Waals surface area contributed by atoms with Crippen molar-refractivity contribution in [3.8, 4) is 16.9 Å². The summed E-state index contributed by atoms with van der Waals surface area (Å²) >= 11 is 0. The molecular formula is C31H39N5O4S. The molecule has 0 radical (unpaired) electrons. The summed E-state index contributed by atoms with van der Waals surface area (Å²) in [6.07, 6.45) is 2.59. The predicted molar refractivity (Wildman–Crippen MR) is 161 cm³/mol. The first-order chi connectivity index (χ1) is 19.6. The Morgan fingerprint density at radius 2 is 1.71 bits per heavy atom. The number of sulfonamides is 1. The summed E-state index contributed by atoms with van der Waals surface area (Å²) in [5.41, 5.74) is 13.8. The number of hydrogen-bond donors (Lipinski definition) is 4. The lowest BCUT2D eigenvalue weighted by atomic mass is 9.93. The second-order valence-corrected chi connectivity index (χ2v) is 12.4. The van der Waals surface area contributed by atoms with Crippen molar-refractivity contribution in [2.45, 2.75) is 50.2 Å². The summed E-state index contributed by atoms with van der Waals surface area (Å²) in [7, 11) is -4.12. The van der Waals surface area contributed by atoms with Crippen LogP contribution in [-0.4, -0.2) is 50.8 Å². The number of benzene rings is 3. The Hall–Kier alpha value is -3.73. The second kappa shape index (κ2) is 13.3. The number of nitrogen functional groups attached to an aromatic ring is 1. The fourth-order valence-electron chi connectivity index (χ4n) is 5.07. The van der Waals surface area contributed by atoms with Gasteiger partial charge in [0.15, 0.2) is 0 Å². The molecular weight excluding hydrogens is 538 g/mol. The Morgan fingerprint density at radius 1 is 1.02 bits per heavy atom. The lowest BCUT2D eigenvalue weighted by Crippen LogP contribution is -2.46. The van der Waals surface area contributed by atoms with Gasteiger partial charge in [0.1, 0.15) is 17.6 Å². The Bertz CT molecular complexity index is 1470. The molecule has 1 unspecified atom stereocenters. The van der Waals surface area contributed by atoms with Crippen LogP contribution in [-0.2, 0) is 14.8 Å². The van der Waals surface area contributed by atoms with Crippen molar-refractivity contribution in [2.75, 3.05) is 19.6 Å². The maximum Gasteiger partial charge on any atom is 0.245 e. The van der Waals surface area contributed by atoms with Crippen molar-refractivity contribution in [1.29, 1.82) is 5.41 Å². The van der Waals surface area contributed by atoms with E-state index in [9.17, 15) is 13.2 Å². The highest BCUT2D eigenvalue weighted by atomic mass is 32.2. The van der Waals surface area contributed by atoms with Gasteiger partial charge < -0.3 is 21.1 Å². The number of hydrogen-bond acceptors (Lipinski definition) is 6. The van der Waals surface area contributed by atoms with Gasteiger partial charge in [-0.2, -0.15) is 4.72 Å². The van der Waals surface area contributed by atoms with Crippen LogP contribution in [0.1, 0.15) is 50.3 Å². The summed E-state index contributed by atoms with van der Waals surface area (Å²) in [6.45, 7) is 5.56. The Morgan fingerprint density at radius 3 is 2.34 bits per heavy atom. The molecule has 1 amide bonds. The molecule has 1 heterocycles. The molecule has 218 valence electrons. The molecule has 1 aliphatic heterocycles. The van der Waals surface area contributed by atoms with Gasteiger partial charge in [-0.25, -0.2) is 8.42 Å². The van der Waals surface area contributed by atoms with Crippen LogP contribution in [0.15, 0.2) is 77.7 Å². The zero-order valence-corrected chi connectivity index (χ0v) is 24.4. The van der Waals surface area contributed by atoms with Crippen molar-refractivity contribution in [1.82, 2.24) is 9.62 Å². The molecule has 1 atom stereocenters. The lowest BCUT2D eigenvalue weighted by molar-refractivity contribution is -0.134. The van der Waals surface area contributed by atoms with Crippen molar-refractivity contribution >= 4 is 21.8 Å². The number of carbonyl (C=O) groups excluding carboxylic acids is 1. The van der Waals surface area contributed by atoms with E-state index in [0.29, 0.717) is 42.2 Å². The molecule has 0 aromatic heterocycles. The molecule has 10 heteroatoms.